The van der Waals surface area contributed by atoms with Gasteiger partial charge in [0.15, 0.2) is 5.58 Å². The van der Waals surface area contributed by atoms with Gasteiger partial charge in [0.1, 0.15) is 5.58 Å². The van der Waals surface area contributed by atoms with Crippen LogP contribution in [0.4, 0.5) is 17.1 Å². The van der Waals surface area contributed by atoms with Crippen molar-refractivity contribution in [3.05, 3.63) is 224 Å². The van der Waals surface area contributed by atoms with Gasteiger partial charge in [-0.2, -0.15) is 0 Å². The number of hydrogen-bond donors (Lipinski definition) is 0. The smallest absolute Gasteiger partial charge is 0.160 e. The summed E-state index contributed by atoms with van der Waals surface area (Å²) in [5.41, 5.74) is 14.2. The van der Waals surface area contributed by atoms with Gasteiger partial charge >= 0.3 is 0 Å². The Bertz CT molecular complexity index is 3560. The van der Waals surface area contributed by atoms with Crippen LogP contribution >= 0.6 is 11.3 Å². The van der Waals surface area contributed by atoms with Crippen molar-refractivity contribution in [1.29, 1.82) is 0 Å². The van der Waals surface area contributed by atoms with Gasteiger partial charge in [0.25, 0.3) is 0 Å². The molecule has 0 amide bonds. The number of benzene rings is 10. The third kappa shape index (κ3) is 6.18. The van der Waals surface area contributed by atoms with E-state index < -0.39 is 0 Å². The van der Waals surface area contributed by atoms with Crippen LogP contribution in [0.1, 0.15) is 0 Å². The highest BCUT2D eigenvalue weighted by Gasteiger charge is 2.24. The van der Waals surface area contributed by atoms with Gasteiger partial charge in [-0.3, -0.25) is 0 Å². The molecule has 0 aliphatic heterocycles. The fourth-order valence-electron chi connectivity index (χ4n) is 8.99. The van der Waals surface area contributed by atoms with Crippen molar-refractivity contribution in [2.24, 2.45) is 0 Å². The van der Waals surface area contributed by atoms with E-state index in [0.29, 0.717) is 0 Å². The second-order valence-electron chi connectivity index (χ2n) is 15.7. The predicted molar refractivity (Wildman–Crippen MR) is 261 cm³/mol. The van der Waals surface area contributed by atoms with E-state index in [-0.39, 0.29) is 0 Å². The minimum Gasteiger partial charge on any atom is -0.454 e. The van der Waals surface area contributed by atoms with Crippen LogP contribution in [0.2, 0.25) is 0 Å². The summed E-state index contributed by atoms with van der Waals surface area (Å²) in [6.07, 6.45) is 0. The van der Waals surface area contributed by atoms with Crippen molar-refractivity contribution >= 4 is 81.3 Å². The first-order valence-corrected chi connectivity index (χ1v) is 21.5. The number of para-hydroxylation sites is 1. The van der Waals surface area contributed by atoms with Crippen LogP contribution in [0.5, 0.6) is 0 Å². The van der Waals surface area contributed by atoms with E-state index in [1.807, 2.05) is 17.4 Å². The third-order valence-electron chi connectivity index (χ3n) is 12.1. The number of rotatable bonds is 7. The van der Waals surface area contributed by atoms with Crippen molar-refractivity contribution in [2.75, 3.05) is 4.90 Å². The fourth-order valence-corrected chi connectivity index (χ4v) is 10.1. The van der Waals surface area contributed by atoms with Gasteiger partial charge in [0, 0.05) is 47.9 Å². The highest BCUT2D eigenvalue weighted by molar-refractivity contribution is 7.25. The minimum atomic E-state index is 0.856. The number of nitrogens with zero attached hydrogens (tertiary/aromatic N) is 1. The number of furan rings is 1. The van der Waals surface area contributed by atoms with E-state index >= 15 is 0 Å². The molecule has 0 atom stereocenters. The van der Waals surface area contributed by atoms with Gasteiger partial charge in [0.2, 0.25) is 0 Å². The highest BCUT2D eigenvalue weighted by atomic mass is 32.1. The van der Waals surface area contributed by atoms with Gasteiger partial charge in [-0.1, -0.05) is 164 Å². The molecule has 0 spiro atoms. The molecular weight excluding hydrogens is 759 g/mol. The SMILES string of the molecule is c1ccc(-c2ccc3c(oc4ccccc43)c2N(c2ccc(-c3ccc(-c4ccc5ccccc5c4)cc3)cc2)c2ccc(-c3ccc4sc5ccccc5c4c3)cc2)cc1. The summed E-state index contributed by atoms with van der Waals surface area (Å²) in [5.74, 6) is 0. The molecule has 286 valence electrons. The Morgan fingerprint density at radius 3 is 1.61 bits per heavy atom. The lowest BCUT2D eigenvalue weighted by atomic mass is 9.97. The maximum absolute atomic E-state index is 6.85. The largest absolute Gasteiger partial charge is 0.454 e. The van der Waals surface area contributed by atoms with E-state index in [1.54, 1.807) is 0 Å². The highest BCUT2D eigenvalue weighted by Crippen LogP contribution is 2.48. The Labute approximate surface area is 357 Å². The molecular formula is C58H37NOS. The molecule has 0 saturated heterocycles. The van der Waals surface area contributed by atoms with E-state index in [4.69, 9.17) is 4.42 Å². The normalized spacial score (nSPS) is 11.6. The fraction of sp³-hybridized carbons (Fsp3) is 0. The Balaban J connectivity index is 0.983. The average molecular weight is 796 g/mol. The first-order chi connectivity index (χ1) is 30.2. The van der Waals surface area contributed by atoms with Gasteiger partial charge in [0.05, 0.1) is 5.69 Å². The molecule has 0 fully saturated rings. The summed E-state index contributed by atoms with van der Waals surface area (Å²) in [4.78, 5) is 2.37. The second-order valence-corrected chi connectivity index (χ2v) is 16.8. The molecule has 2 nitrogen and oxygen atoms in total. The molecule has 3 heteroatoms. The summed E-state index contributed by atoms with van der Waals surface area (Å²) in [7, 11) is 0. The summed E-state index contributed by atoms with van der Waals surface area (Å²) in [6, 6.07) is 81.1. The molecule has 0 aliphatic carbocycles. The van der Waals surface area contributed by atoms with Crippen LogP contribution in [0, 0.1) is 0 Å². The molecule has 61 heavy (non-hydrogen) atoms. The zero-order valence-corrected chi connectivity index (χ0v) is 33.9. The van der Waals surface area contributed by atoms with Crippen LogP contribution in [-0.4, -0.2) is 0 Å². The van der Waals surface area contributed by atoms with Crippen LogP contribution < -0.4 is 4.90 Å². The topological polar surface area (TPSA) is 16.4 Å². The van der Waals surface area contributed by atoms with E-state index in [1.165, 1.54) is 58.8 Å². The summed E-state index contributed by atoms with van der Waals surface area (Å²) < 4.78 is 9.48. The number of fused-ring (bicyclic) bond motifs is 7. The summed E-state index contributed by atoms with van der Waals surface area (Å²) in [6.45, 7) is 0. The lowest BCUT2D eigenvalue weighted by Gasteiger charge is -2.28. The molecule has 0 bridgehead atoms. The zero-order valence-electron chi connectivity index (χ0n) is 33.1. The monoisotopic (exact) mass is 795 g/mol. The van der Waals surface area contributed by atoms with Crippen LogP contribution in [0.15, 0.2) is 229 Å². The minimum absolute atomic E-state index is 0.856. The van der Waals surface area contributed by atoms with Gasteiger partial charge < -0.3 is 9.32 Å². The molecule has 0 unspecified atom stereocenters. The van der Waals surface area contributed by atoms with E-state index in [0.717, 1.165) is 55.7 Å². The predicted octanol–water partition coefficient (Wildman–Crippen LogP) is 17.2. The maximum Gasteiger partial charge on any atom is 0.160 e. The average Bonchev–Trinajstić information content (AvgIpc) is 3.91. The Kier molecular flexibility index (Phi) is 8.39. The number of hydrogen-bond acceptors (Lipinski definition) is 3. The van der Waals surface area contributed by atoms with Gasteiger partial charge in [-0.15, -0.1) is 11.3 Å². The van der Waals surface area contributed by atoms with Gasteiger partial charge in [-0.25, -0.2) is 0 Å². The van der Waals surface area contributed by atoms with Crippen LogP contribution in [0.25, 0.3) is 97.4 Å². The van der Waals surface area contributed by atoms with Crippen LogP contribution in [0.3, 0.4) is 0 Å². The summed E-state index contributed by atoms with van der Waals surface area (Å²) in [5, 5.41) is 7.31. The lowest BCUT2D eigenvalue weighted by Crippen LogP contribution is -2.11. The van der Waals surface area contributed by atoms with Crippen LogP contribution in [-0.2, 0) is 0 Å². The van der Waals surface area contributed by atoms with Crippen molar-refractivity contribution < 1.29 is 4.42 Å². The molecule has 0 N–H and O–H groups in total. The quantitative estimate of drug-likeness (QED) is 0.160. The first-order valence-electron chi connectivity index (χ1n) is 20.7. The van der Waals surface area contributed by atoms with Gasteiger partial charge in [-0.05, 0) is 110 Å². The molecule has 0 aliphatic rings. The molecule has 10 aromatic carbocycles. The number of thiophene rings is 1. The second kappa shape index (κ2) is 14.5. The molecule has 12 aromatic rings. The Morgan fingerprint density at radius 2 is 0.869 bits per heavy atom. The molecule has 2 aromatic heterocycles. The maximum atomic E-state index is 6.85. The van der Waals surface area contributed by atoms with Crippen molar-refractivity contribution in [3.8, 4) is 44.5 Å². The first kappa shape index (κ1) is 35.2. The molecule has 2 heterocycles. The zero-order chi connectivity index (χ0) is 40.3. The molecule has 0 saturated carbocycles. The van der Waals surface area contributed by atoms with Crippen molar-refractivity contribution in [3.63, 3.8) is 0 Å². The summed E-state index contributed by atoms with van der Waals surface area (Å²) >= 11 is 1.85. The van der Waals surface area contributed by atoms with Crippen molar-refractivity contribution in [1.82, 2.24) is 0 Å². The standard InChI is InChI=1S/C58H37NOS/c1-2-11-43(12-3-1)49-33-34-52-50-14-6-8-16-54(50)60-58(52)57(49)59(48-31-26-42(27-32-48)46-28-35-56-53(37-46)51-15-7-9-17-55(51)61-56)47-29-24-40(25-30-47)39-18-20-41(21-19-39)45-23-22-38-10-4-5-13-44(38)36-45/h1-37H. The Hall–Kier alpha value is -7.72. The Morgan fingerprint density at radius 1 is 0.328 bits per heavy atom. The molecule has 12 rings (SSSR count). The lowest BCUT2D eigenvalue weighted by molar-refractivity contribution is 0.669. The number of anilines is 3. The van der Waals surface area contributed by atoms with Crippen molar-refractivity contribution in [2.45, 2.75) is 0 Å². The molecule has 0 radical (unpaired) electrons. The van der Waals surface area contributed by atoms with E-state index in [9.17, 15) is 0 Å². The van der Waals surface area contributed by atoms with E-state index in [2.05, 4.69) is 223 Å². The third-order valence-corrected chi connectivity index (χ3v) is 13.2.